The van der Waals surface area contributed by atoms with Gasteiger partial charge in [0.1, 0.15) is 11.3 Å². The standard InChI is InChI=1S/C29H26ClNO7/c1-15-10-21-19(13-20(15)30)26(32)24-25(17-11-22(35-3)27(37-5)23(12-17)36-4)31(29(33)28(24)38-21)14-16-6-8-18(34-2)9-7-16/h6-13,25H,14H2,1-5H3. The number of amides is 1. The lowest BCUT2D eigenvalue weighted by molar-refractivity contribution is 0.0714. The van der Waals surface area contributed by atoms with Gasteiger partial charge in [-0.25, -0.2) is 0 Å². The van der Waals surface area contributed by atoms with Gasteiger partial charge in [0.25, 0.3) is 5.91 Å². The van der Waals surface area contributed by atoms with E-state index in [1.54, 1.807) is 36.3 Å². The Balaban J connectivity index is 1.75. The van der Waals surface area contributed by atoms with Gasteiger partial charge < -0.3 is 28.3 Å². The summed E-state index contributed by atoms with van der Waals surface area (Å²) in [6, 6.07) is 13.3. The van der Waals surface area contributed by atoms with Crippen molar-refractivity contribution in [2.75, 3.05) is 28.4 Å². The van der Waals surface area contributed by atoms with Crippen LogP contribution < -0.4 is 24.4 Å². The molecule has 0 aliphatic carbocycles. The summed E-state index contributed by atoms with van der Waals surface area (Å²) in [5.74, 6) is 1.49. The third-order valence-electron chi connectivity index (χ3n) is 6.76. The molecule has 0 bridgehead atoms. The molecule has 2 heterocycles. The fourth-order valence-electron chi connectivity index (χ4n) is 4.84. The minimum atomic E-state index is -0.783. The maximum atomic E-state index is 13.9. The molecule has 9 heteroatoms. The smallest absolute Gasteiger partial charge is 0.291 e. The van der Waals surface area contributed by atoms with E-state index in [0.717, 1.165) is 11.1 Å². The molecule has 1 aliphatic heterocycles. The second-order valence-corrected chi connectivity index (χ2v) is 9.32. The fraction of sp³-hybridized carbons (Fsp3) is 0.241. The van der Waals surface area contributed by atoms with Crippen LogP contribution in [0, 0.1) is 6.92 Å². The van der Waals surface area contributed by atoms with Crippen LogP contribution in [-0.2, 0) is 6.54 Å². The zero-order valence-electron chi connectivity index (χ0n) is 21.6. The van der Waals surface area contributed by atoms with Crippen LogP contribution in [0.5, 0.6) is 23.0 Å². The highest BCUT2D eigenvalue weighted by atomic mass is 35.5. The Morgan fingerprint density at radius 3 is 2.13 bits per heavy atom. The quantitative estimate of drug-likeness (QED) is 0.307. The van der Waals surface area contributed by atoms with Crippen LogP contribution in [0.2, 0.25) is 5.02 Å². The van der Waals surface area contributed by atoms with Gasteiger partial charge in [-0.1, -0.05) is 23.7 Å². The summed E-state index contributed by atoms with van der Waals surface area (Å²) in [6.07, 6.45) is 0. The minimum Gasteiger partial charge on any atom is -0.497 e. The second-order valence-electron chi connectivity index (χ2n) is 8.91. The summed E-state index contributed by atoms with van der Waals surface area (Å²) in [6.45, 7) is 2.02. The summed E-state index contributed by atoms with van der Waals surface area (Å²) in [5.41, 5.74) is 2.39. The first-order valence-electron chi connectivity index (χ1n) is 11.8. The molecule has 5 rings (SSSR count). The van der Waals surface area contributed by atoms with E-state index in [4.69, 9.17) is 35.0 Å². The van der Waals surface area contributed by atoms with E-state index in [-0.39, 0.29) is 23.3 Å². The van der Waals surface area contributed by atoms with Crippen molar-refractivity contribution in [2.24, 2.45) is 0 Å². The van der Waals surface area contributed by atoms with Crippen molar-refractivity contribution in [3.8, 4) is 23.0 Å². The van der Waals surface area contributed by atoms with E-state index in [0.29, 0.717) is 44.6 Å². The zero-order valence-corrected chi connectivity index (χ0v) is 22.3. The number of halogens is 1. The van der Waals surface area contributed by atoms with Crippen molar-refractivity contribution in [1.29, 1.82) is 0 Å². The third kappa shape index (κ3) is 4.11. The number of benzene rings is 3. The number of nitrogens with zero attached hydrogens (tertiary/aromatic N) is 1. The Morgan fingerprint density at radius 1 is 0.895 bits per heavy atom. The van der Waals surface area contributed by atoms with Gasteiger partial charge in [0.15, 0.2) is 16.9 Å². The SMILES string of the molecule is COc1ccc(CN2C(=O)c3oc4cc(C)c(Cl)cc4c(=O)c3C2c2cc(OC)c(OC)c(OC)c2)cc1. The fourth-order valence-corrected chi connectivity index (χ4v) is 5.00. The van der Waals surface area contributed by atoms with E-state index >= 15 is 0 Å². The van der Waals surface area contributed by atoms with Crippen molar-refractivity contribution in [3.05, 3.63) is 91.8 Å². The van der Waals surface area contributed by atoms with Crippen molar-refractivity contribution in [3.63, 3.8) is 0 Å². The second kappa shape index (κ2) is 9.95. The molecule has 38 heavy (non-hydrogen) atoms. The molecule has 1 aliphatic rings. The van der Waals surface area contributed by atoms with Gasteiger partial charge in [0.05, 0.1) is 45.4 Å². The Morgan fingerprint density at radius 2 is 1.55 bits per heavy atom. The largest absolute Gasteiger partial charge is 0.497 e. The predicted octanol–water partition coefficient (Wildman–Crippen LogP) is 5.53. The summed E-state index contributed by atoms with van der Waals surface area (Å²) in [4.78, 5) is 29.4. The molecule has 3 aromatic carbocycles. The molecule has 1 unspecified atom stereocenters. The normalized spacial score (nSPS) is 14.5. The van der Waals surface area contributed by atoms with Gasteiger partial charge in [-0.05, 0) is 60.0 Å². The highest BCUT2D eigenvalue weighted by Gasteiger charge is 2.43. The van der Waals surface area contributed by atoms with Crippen LogP contribution in [-0.4, -0.2) is 39.2 Å². The number of ether oxygens (including phenoxy) is 4. The lowest BCUT2D eigenvalue weighted by atomic mass is 9.97. The van der Waals surface area contributed by atoms with Gasteiger partial charge in [-0.2, -0.15) is 0 Å². The molecule has 196 valence electrons. The number of aryl methyl sites for hydroxylation is 1. The molecule has 0 radical (unpaired) electrons. The van der Waals surface area contributed by atoms with E-state index in [1.807, 2.05) is 31.2 Å². The molecule has 1 aromatic heterocycles. The molecular formula is C29H26ClNO7. The molecule has 0 fully saturated rings. The molecule has 1 amide bonds. The van der Waals surface area contributed by atoms with Crippen LogP contribution >= 0.6 is 11.6 Å². The number of methoxy groups -OCH3 is 4. The summed E-state index contributed by atoms with van der Waals surface area (Å²) in [7, 11) is 6.12. The maximum Gasteiger partial charge on any atom is 0.291 e. The summed E-state index contributed by atoms with van der Waals surface area (Å²) >= 11 is 6.35. The number of rotatable bonds is 7. The van der Waals surface area contributed by atoms with Crippen molar-refractivity contribution < 1.29 is 28.2 Å². The maximum absolute atomic E-state index is 13.9. The average molecular weight is 536 g/mol. The number of hydrogen-bond acceptors (Lipinski definition) is 7. The molecule has 0 spiro atoms. The Bertz CT molecular complexity index is 1590. The number of carbonyl (C=O) groups is 1. The Labute approximate surface area is 224 Å². The van der Waals surface area contributed by atoms with Gasteiger partial charge in [0.2, 0.25) is 11.5 Å². The van der Waals surface area contributed by atoms with Gasteiger partial charge >= 0.3 is 0 Å². The lowest BCUT2D eigenvalue weighted by Gasteiger charge is -2.26. The molecule has 0 saturated heterocycles. The minimum absolute atomic E-state index is 0.00325. The van der Waals surface area contributed by atoms with E-state index in [2.05, 4.69) is 0 Å². The van der Waals surface area contributed by atoms with Gasteiger partial charge in [-0.3, -0.25) is 9.59 Å². The molecule has 4 aromatic rings. The van der Waals surface area contributed by atoms with Crippen molar-refractivity contribution >= 4 is 28.5 Å². The first-order chi connectivity index (χ1) is 18.3. The van der Waals surface area contributed by atoms with E-state index in [1.165, 1.54) is 21.3 Å². The Kier molecular flexibility index (Phi) is 6.67. The molecular weight excluding hydrogens is 510 g/mol. The Hall–Kier alpha value is -4.17. The monoisotopic (exact) mass is 535 g/mol. The average Bonchev–Trinajstić information content (AvgIpc) is 3.20. The first kappa shape index (κ1) is 25.5. The van der Waals surface area contributed by atoms with Gasteiger partial charge in [0, 0.05) is 11.6 Å². The number of fused-ring (bicyclic) bond motifs is 2. The lowest BCUT2D eigenvalue weighted by Crippen LogP contribution is -2.29. The van der Waals surface area contributed by atoms with E-state index < -0.39 is 11.9 Å². The van der Waals surface area contributed by atoms with Crippen LogP contribution in [0.3, 0.4) is 0 Å². The third-order valence-corrected chi connectivity index (χ3v) is 7.17. The number of hydrogen-bond donors (Lipinski definition) is 0. The highest BCUT2D eigenvalue weighted by molar-refractivity contribution is 6.32. The number of carbonyl (C=O) groups excluding carboxylic acids is 1. The van der Waals surface area contributed by atoms with Crippen LogP contribution in [0.25, 0.3) is 11.0 Å². The van der Waals surface area contributed by atoms with Crippen LogP contribution in [0.1, 0.15) is 38.9 Å². The zero-order chi connectivity index (χ0) is 27.1. The topological polar surface area (TPSA) is 87.4 Å². The van der Waals surface area contributed by atoms with Crippen molar-refractivity contribution in [2.45, 2.75) is 19.5 Å². The van der Waals surface area contributed by atoms with Gasteiger partial charge in [-0.15, -0.1) is 0 Å². The molecule has 8 nitrogen and oxygen atoms in total. The predicted molar refractivity (Wildman–Crippen MR) is 143 cm³/mol. The molecule has 0 N–H and O–H groups in total. The first-order valence-corrected chi connectivity index (χ1v) is 12.2. The highest BCUT2D eigenvalue weighted by Crippen LogP contribution is 2.45. The summed E-state index contributed by atoms with van der Waals surface area (Å²) in [5, 5.41) is 0.740. The summed E-state index contributed by atoms with van der Waals surface area (Å²) < 4.78 is 28.0. The molecule has 0 saturated carbocycles. The van der Waals surface area contributed by atoms with Crippen LogP contribution in [0.4, 0.5) is 0 Å². The molecule has 1 atom stereocenters. The van der Waals surface area contributed by atoms with Crippen molar-refractivity contribution in [1.82, 2.24) is 4.90 Å². The van der Waals surface area contributed by atoms with E-state index in [9.17, 15) is 9.59 Å². The van der Waals surface area contributed by atoms with Crippen LogP contribution in [0.15, 0.2) is 57.7 Å².